The number of para-hydroxylation sites is 1. The second-order valence-corrected chi connectivity index (χ2v) is 5.91. The van der Waals surface area contributed by atoms with Crippen LogP contribution < -0.4 is 4.74 Å². The molecule has 2 aliphatic rings. The highest BCUT2D eigenvalue weighted by atomic mass is 16.6. The van der Waals surface area contributed by atoms with E-state index in [1.807, 2.05) is 29.2 Å². The van der Waals surface area contributed by atoms with Crippen LogP contribution in [0.15, 0.2) is 29.4 Å². The molecule has 3 rings (SSSR count). The number of carbonyl (C=O) groups excluding carboxylic acids is 1. The zero-order valence-electron chi connectivity index (χ0n) is 13.1. The van der Waals surface area contributed by atoms with E-state index >= 15 is 0 Å². The SMILES string of the molecule is COc1ccccc1C1=NO[C@H](C(=O)N2CCCC[C@@H]2C)C1. The number of hydrogen-bond donors (Lipinski definition) is 0. The minimum atomic E-state index is -0.500. The van der Waals surface area contributed by atoms with E-state index in [0.717, 1.165) is 36.4 Å². The average Bonchev–Trinajstić information content (AvgIpc) is 3.04. The molecular weight excluding hydrogens is 280 g/mol. The zero-order valence-corrected chi connectivity index (χ0v) is 13.1. The molecule has 1 aromatic rings. The Morgan fingerprint density at radius 3 is 2.95 bits per heavy atom. The summed E-state index contributed by atoms with van der Waals surface area (Å²) in [5.74, 6) is 0.810. The molecule has 5 heteroatoms. The number of carbonyl (C=O) groups is 1. The van der Waals surface area contributed by atoms with E-state index in [0.29, 0.717) is 12.5 Å². The van der Waals surface area contributed by atoms with Gasteiger partial charge in [-0.1, -0.05) is 17.3 Å². The van der Waals surface area contributed by atoms with E-state index in [9.17, 15) is 4.79 Å². The Hall–Kier alpha value is -2.04. The molecule has 1 aromatic carbocycles. The third-order valence-electron chi connectivity index (χ3n) is 4.45. The van der Waals surface area contributed by atoms with E-state index in [2.05, 4.69) is 12.1 Å². The van der Waals surface area contributed by atoms with Gasteiger partial charge in [0.05, 0.1) is 12.8 Å². The number of oxime groups is 1. The zero-order chi connectivity index (χ0) is 15.5. The normalized spacial score (nSPS) is 24.6. The summed E-state index contributed by atoms with van der Waals surface area (Å²) >= 11 is 0. The number of piperidine rings is 1. The first-order valence-electron chi connectivity index (χ1n) is 7.87. The van der Waals surface area contributed by atoms with Crippen molar-refractivity contribution in [3.05, 3.63) is 29.8 Å². The van der Waals surface area contributed by atoms with E-state index < -0.39 is 6.10 Å². The molecule has 118 valence electrons. The van der Waals surface area contributed by atoms with Crippen LogP contribution in [0.25, 0.3) is 0 Å². The van der Waals surface area contributed by atoms with Gasteiger partial charge in [-0.15, -0.1) is 0 Å². The maximum absolute atomic E-state index is 12.6. The number of amides is 1. The summed E-state index contributed by atoms with van der Waals surface area (Å²) in [5, 5.41) is 4.13. The third-order valence-corrected chi connectivity index (χ3v) is 4.45. The molecule has 1 fully saturated rings. The Morgan fingerprint density at radius 1 is 1.36 bits per heavy atom. The van der Waals surface area contributed by atoms with Gasteiger partial charge in [-0.05, 0) is 38.3 Å². The van der Waals surface area contributed by atoms with E-state index in [4.69, 9.17) is 9.57 Å². The number of likely N-dealkylation sites (tertiary alicyclic amines) is 1. The van der Waals surface area contributed by atoms with Gasteiger partial charge in [0, 0.05) is 24.6 Å². The molecule has 5 nitrogen and oxygen atoms in total. The molecule has 0 bridgehead atoms. The van der Waals surface area contributed by atoms with E-state index in [1.165, 1.54) is 6.42 Å². The first kappa shape index (κ1) is 14.9. The lowest BCUT2D eigenvalue weighted by Gasteiger charge is -2.34. The van der Waals surface area contributed by atoms with Crippen molar-refractivity contribution in [1.82, 2.24) is 4.90 Å². The van der Waals surface area contributed by atoms with Crippen molar-refractivity contribution in [1.29, 1.82) is 0 Å². The molecule has 0 saturated carbocycles. The number of methoxy groups -OCH3 is 1. The van der Waals surface area contributed by atoms with Crippen LogP contribution in [0, 0.1) is 0 Å². The Labute approximate surface area is 130 Å². The van der Waals surface area contributed by atoms with Crippen molar-refractivity contribution in [3.63, 3.8) is 0 Å². The van der Waals surface area contributed by atoms with Crippen LogP contribution in [0.3, 0.4) is 0 Å². The number of hydrogen-bond acceptors (Lipinski definition) is 4. The maximum atomic E-state index is 12.6. The summed E-state index contributed by atoms with van der Waals surface area (Å²) in [7, 11) is 1.63. The van der Waals surface area contributed by atoms with Gasteiger partial charge >= 0.3 is 0 Å². The van der Waals surface area contributed by atoms with Gasteiger partial charge in [-0.3, -0.25) is 4.79 Å². The lowest BCUT2D eigenvalue weighted by atomic mass is 10.00. The van der Waals surface area contributed by atoms with Crippen LogP contribution in [-0.4, -0.2) is 42.3 Å². The predicted molar refractivity (Wildman–Crippen MR) is 84.0 cm³/mol. The van der Waals surface area contributed by atoms with Gasteiger partial charge in [0.15, 0.2) is 0 Å². The molecule has 0 N–H and O–H groups in total. The van der Waals surface area contributed by atoms with Crippen LogP contribution in [0.5, 0.6) is 5.75 Å². The van der Waals surface area contributed by atoms with Gasteiger partial charge < -0.3 is 14.5 Å². The summed E-state index contributed by atoms with van der Waals surface area (Å²) in [5.41, 5.74) is 1.67. The van der Waals surface area contributed by atoms with Crippen LogP contribution >= 0.6 is 0 Å². The fourth-order valence-corrected chi connectivity index (χ4v) is 3.16. The van der Waals surface area contributed by atoms with Crippen molar-refractivity contribution in [2.75, 3.05) is 13.7 Å². The first-order valence-corrected chi connectivity index (χ1v) is 7.87. The molecule has 2 aliphatic heterocycles. The Bertz CT molecular complexity index is 585. The van der Waals surface area contributed by atoms with Gasteiger partial charge in [0.25, 0.3) is 5.91 Å². The highest BCUT2D eigenvalue weighted by Gasteiger charge is 2.35. The highest BCUT2D eigenvalue weighted by Crippen LogP contribution is 2.26. The molecule has 2 atom stereocenters. The van der Waals surface area contributed by atoms with E-state index in [-0.39, 0.29) is 5.91 Å². The number of benzene rings is 1. The topological polar surface area (TPSA) is 51.1 Å². The quantitative estimate of drug-likeness (QED) is 0.862. The summed E-state index contributed by atoms with van der Waals surface area (Å²) in [6.07, 6.45) is 3.34. The molecular formula is C17H22N2O3. The third kappa shape index (κ3) is 2.80. The molecule has 0 spiro atoms. The molecule has 1 saturated heterocycles. The minimum absolute atomic E-state index is 0.0563. The van der Waals surface area contributed by atoms with Gasteiger partial charge in [-0.2, -0.15) is 0 Å². The van der Waals surface area contributed by atoms with Gasteiger partial charge in [0.1, 0.15) is 5.75 Å². The van der Waals surface area contributed by atoms with Crippen LogP contribution in [0.4, 0.5) is 0 Å². The van der Waals surface area contributed by atoms with Crippen molar-refractivity contribution in [3.8, 4) is 5.75 Å². The Morgan fingerprint density at radius 2 is 2.18 bits per heavy atom. The summed E-state index contributed by atoms with van der Waals surface area (Å²) in [6.45, 7) is 2.93. The van der Waals surface area contributed by atoms with Crippen molar-refractivity contribution in [2.24, 2.45) is 5.16 Å². The second kappa shape index (κ2) is 6.38. The number of ether oxygens (including phenoxy) is 1. The lowest BCUT2D eigenvalue weighted by Crippen LogP contribution is -2.47. The van der Waals surface area contributed by atoms with Gasteiger partial charge in [-0.25, -0.2) is 0 Å². The number of nitrogens with zero attached hydrogens (tertiary/aromatic N) is 2. The summed E-state index contributed by atoms with van der Waals surface area (Å²) < 4.78 is 5.36. The van der Waals surface area contributed by atoms with Crippen molar-refractivity contribution < 1.29 is 14.4 Å². The summed E-state index contributed by atoms with van der Waals surface area (Å²) in [6, 6.07) is 7.97. The lowest BCUT2D eigenvalue weighted by molar-refractivity contribution is -0.145. The molecule has 0 radical (unpaired) electrons. The largest absolute Gasteiger partial charge is 0.496 e. The van der Waals surface area contributed by atoms with Crippen molar-refractivity contribution in [2.45, 2.75) is 44.8 Å². The number of rotatable bonds is 3. The predicted octanol–water partition coefficient (Wildman–Crippen LogP) is 2.59. The Kier molecular flexibility index (Phi) is 4.32. The van der Waals surface area contributed by atoms with Crippen LogP contribution in [0.1, 0.15) is 38.2 Å². The van der Waals surface area contributed by atoms with E-state index in [1.54, 1.807) is 7.11 Å². The minimum Gasteiger partial charge on any atom is -0.496 e. The molecule has 22 heavy (non-hydrogen) atoms. The Balaban J connectivity index is 1.70. The molecule has 0 aromatic heterocycles. The average molecular weight is 302 g/mol. The molecule has 1 amide bonds. The van der Waals surface area contributed by atoms with Crippen LogP contribution in [-0.2, 0) is 9.63 Å². The second-order valence-electron chi connectivity index (χ2n) is 5.91. The molecule has 2 heterocycles. The smallest absolute Gasteiger partial charge is 0.267 e. The molecule has 0 aliphatic carbocycles. The summed E-state index contributed by atoms with van der Waals surface area (Å²) in [4.78, 5) is 20.0. The maximum Gasteiger partial charge on any atom is 0.267 e. The van der Waals surface area contributed by atoms with Crippen molar-refractivity contribution >= 4 is 11.6 Å². The molecule has 0 unspecified atom stereocenters. The fourth-order valence-electron chi connectivity index (χ4n) is 3.16. The first-order chi connectivity index (χ1) is 10.7. The standard InChI is InChI=1S/C17H22N2O3/c1-12-7-5-6-10-19(12)17(20)16-11-14(18-22-16)13-8-3-4-9-15(13)21-2/h3-4,8-9,12,16H,5-7,10-11H2,1-2H3/t12-,16-/m0/s1. The van der Waals surface area contributed by atoms with Gasteiger partial charge in [0.2, 0.25) is 6.10 Å². The van der Waals surface area contributed by atoms with Crippen LogP contribution in [0.2, 0.25) is 0 Å². The fraction of sp³-hybridized carbons (Fsp3) is 0.529. The monoisotopic (exact) mass is 302 g/mol. The highest BCUT2D eigenvalue weighted by molar-refractivity contribution is 6.05.